The number of aromatic nitrogens is 1. The number of hydrogen-bond donors (Lipinski definition) is 0. The van der Waals surface area contributed by atoms with Gasteiger partial charge in [-0.25, -0.2) is 8.78 Å². The second kappa shape index (κ2) is 9.26. The summed E-state index contributed by atoms with van der Waals surface area (Å²) in [4.78, 5) is 17.0. The molecule has 2 aromatic carbocycles. The largest absolute Gasteiger partial charge is 0.489 e. The third-order valence-corrected chi connectivity index (χ3v) is 5.36. The summed E-state index contributed by atoms with van der Waals surface area (Å²) in [6.07, 6.45) is 0. The molecule has 0 atom stereocenters. The van der Waals surface area contributed by atoms with E-state index in [0.29, 0.717) is 49.8 Å². The molecule has 0 saturated carbocycles. The molecule has 0 aliphatic carbocycles. The highest BCUT2D eigenvalue weighted by Gasteiger charge is 2.28. The molecule has 6 nitrogen and oxygen atoms in total. The molecule has 1 fully saturated rings. The summed E-state index contributed by atoms with van der Waals surface area (Å²) in [5.41, 5.74) is 1.86. The maximum atomic E-state index is 13.1. The number of piperazine rings is 1. The third kappa shape index (κ3) is 5.08. The Morgan fingerprint density at radius 2 is 1.61 bits per heavy atom. The Bertz CT molecular complexity index is 1030. The molecule has 2 heterocycles. The van der Waals surface area contributed by atoms with Crippen LogP contribution >= 0.6 is 0 Å². The van der Waals surface area contributed by atoms with Crippen LogP contribution in [0.4, 0.5) is 8.78 Å². The minimum atomic E-state index is -0.344. The molecule has 0 unspecified atom stereocenters. The van der Waals surface area contributed by atoms with Crippen molar-refractivity contribution in [2.75, 3.05) is 26.2 Å². The number of rotatable bonds is 6. The van der Waals surface area contributed by atoms with Crippen molar-refractivity contribution in [2.45, 2.75) is 20.1 Å². The number of carbonyl (C=O) groups is 1. The quantitative estimate of drug-likeness (QED) is 0.599. The highest BCUT2D eigenvalue weighted by molar-refractivity contribution is 5.93. The van der Waals surface area contributed by atoms with E-state index in [-0.39, 0.29) is 29.8 Å². The smallest absolute Gasteiger partial charge is 0.276 e. The zero-order chi connectivity index (χ0) is 21.8. The Labute approximate surface area is 179 Å². The van der Waals surface area contributed by atoms with Crippen LogP contribution in [0.2, 0.25) is 0 Å². The molecule has 8 heteroatoms. The zero-order valence-electron chi connectivity index (χ0n) is 17.2. The van der Waals surface area contributed by atoms with E-state index in [2.05, 4.69) is 10.1 Å². The van der Waals surface area contributed by atoms with Gasteiger partial charge in [0.2, 0.25) is 0 Å². The van der Waals surface area contributed by atoms with Crippen LogP contribution in [0.15, 0.2) is 53.1 Å². The number of ether oxygens (including phenoxy) is 1. The number of hydrogen-bond acceptors (Lipinski definition) is 5. The number of benzene rings is 2. The van der Waals surface area contributed by atoms with Crippen LogP contribution in [0.5, 0.6) is 5.75 Å². The van der Waals surface area contributed by atoms with Crippen LogP contribution < -0.4 is 4.74 Å². The Balaban J connectivity index is 1.35. The molecule has 3 aromatic rings. The number of carbonyl (C=O) groups excluding carboxylic acids is 1. The number of nitrogens with zero attached hydrogens (tertiary/aromatic N) is 3. The van der Waals surface area contributed by atoms with E-state index in [4.69, 9.17) is 9.26 Å². The fraction of sp³-hybridized carbons (Fsp3) is 0.304. The van der Waals surface area contributed by atoms with Gasteiger partial charge in [0.15, 0.2) is 5.69 Å². The van der Waals surface area contributed by atoms with E-state index in [0.717, 1.165) is 5.56 Å². The third-order valence-electron chi connectivity index (χ3n) is 5.36. The van der Waals surface area contributed by atoms with E-state index in [1.807, 2.05) is 0 Å². The number of amides is 1. The first-order chi connectivity index (χ1) is 15.0. The van der Waals surface area contributed by atoms with Gasteiger partial charge in [-0.05, 0) is 48.9 Å². The molecule has 1 aromatic heterocycles. The van der Waals surface area contributed by atoms with Gasteiger partial charge in [-0.2, -0.15) is 0 Å². The van der Waals surface area contributed by atoms with Crippen LogP contribution in [0.1, 0.15) is 27.4 Å². The second-order valence-corrected chi connectivity index (χ2v) is 7.50. The SMILES string of the molecule is Cc1onc(C(=O)N2CCN(Cc3ccc(F)cc3)CC2)c1COc1ccc(F)cc1. The average Bonchev–Trinajstić information content (AvgIpc) is 3.15. The fourth-order valence-electron chi connectivity index (χ4n) is 3.52. The standard InChI is InChI=1S/C23H23F2N3O3/c1-16-21(15-30-20-8-6-19(25)7-9-20)22(26-31-16)23(29)28-12-10-27(11-13-28)14-17-2-4-18(24)5-3-17/h2-9H,10-15H2,1H3. The van der Waals surface area contributed by atoms with Gasteiger partial charge >= 0.3 is 0 Å². The van der Waals surface area contributed by atoms with E-state index in [1.165, 1.54) is 36.4 Å². The minimum absolute atomic E-state index is 0.104. The molecule has 4 rings (SSSR count). The van der Waals surface area contributed by atoms with E-state index < -0.39 is 0 Å². The lowest BCUT2D eigenvalue weighted by atomic mass is 10.1. The lowest BCUT2D eigenvalue weighted by Gasteiger charge is -2.34. The van der Waals surface area contributed by atoms with Gasteiger partial charge in [-0.15, -0.1) is 0 Å². The molecule has 0 spiro atoms. The number of halogens is 2. The second-order valence-electron chi connectivity index (χ2n) is 7.50. The van der Waals surface area contributed by atoms with Crippen molar-refractivity contribution in [3.8, 4) is 5.75 Å². The first-order valence-electron chi connectivity index (χ1n) is 10.1. The van der Waals surface area contributed by atoms with Crippen LogP contribution in [0.3, 0.4) is 0 Å². The molecule has 31 heavy (non-hydrogen) atoms. The summed E-state index contributed by atoms with van der Waals surface area (Å²) in [6, 6.07) is 12.1. The van der Waals surface area contributed by atoms with E-state index in [9.17, 15) is 13.6 Å². The van der Waals surface area contributed by atoms with Crippen LogP contribution in [0, 0.1) is 18.6 Å². The van der Waals surface area contributed by atoms with Gasteiger partial charge in [0.1, 0.15) is 29.8 Å². The van der Waals surface area contributed by atoms with Gasteiger partial charge < -0.3 is 14.2 Å². The van der Waals surface area contributed by atoms with E-state index >= 15 is 0 Å². The first kappa shape index (κ1) is 21.0. The molecule has 0 bridgehead atoms. The van der Waals surface area contributed by atoms with Gasteiger partial charge in [0.25, 0.3) is 5.91 Å². The van der Waals surface area contributed by atoms with Crippen molar-refractivity contribution in [3.05, 3.63) is 82.7 Å². The van der Waals surface area contributed by atoms with Crippen molar-refractivity contribution in [3.63, 3.8) is 0 Å². The summed E-state index contributed by atoms with van der Waals surface area (Å²) >= 11 is 0. The molecule has 0 N–H and O–H groups in total. The predicted molar refractivity (Wildman–Crippen MR) is 110 cm³/mol. The van der Waals surface area contributed by atoms with Crippen LogP contribution in [-0.2, 0) is 13.2 Å². The summed E-state index contributed by atoms with van der Waals surface area (Å²) in [6.45, 7) is 5.08. The summed E-state index contributed by atoms with van der Waals surface area (Å²) in [7, 11) is 0. The molecular weight excluding hydrogens is 404 g/mol. The van der Waals surface area contributed by atoms with Crippen molar-refractivity contribution >= 4 is 5.91 Å². The first-order valence-corrected chi connectivity index (χ1v) is 10.1. The molecule has 162 valence electrons. The molecule has 0 radical (unpaired) electrons. The Morgan fingerprint density at radius 3 is 2.26 bits per heavy atom. The van der Waals surface area contributed by atoms with E-state index in [1.54, 1.807) is 24.0 Å². The normalized spacial score (nSPS) is 14.6. The van der Waals surface area contributed by atoms with Crippen LogP contribution in [0.25, 0.3) is 0 Å². The fourth-order valence-corrected chi connectivity index (χ4v) is 3.52. The van der Waals surface area contributed by atoms with Crippen molar-refractivity contribution < 1.29 is 22.8 Å². The predicted octanol–water partition coefficient (Wildman–Crippen LogP) is 3.80. The monoisotopic (exact) mass is 427 g/mol. The maximum Gasteiger partial charge on any atom is 0.276 e. The van der Waals surface area contributed by atoms with Gasteiger partial charge in [0, 0.05) is 32.7 Å². The van der Waals surface area contributed by atoms with Crippen molar-refractivity contribution in [2.24, 2.45) is 0 Å². The Kier molecular flexibility index (Phi) is 6.27. The van der Waals surface area contributed by atoms with Gasteiger partial charge in [-0.1, -0.05) is 17.3 Å². The molecule has 1 amide bonds. The lowest BCUT2D eigenvalue weighted by molar-refractivity contribution is 0.0616. The molecule has 1 aliphatic heterocycles. The van der Waals surface area contributed by atoms with Gasteiger partial charge in [-0.3, -0.25) is 9.69 Å². The van der Waals surface area contributed by atoms with Crippen molar-refractivity contribution in [1.29, 1.82) is 0 Å². The van der Waals surface area contributed by atoms with Gasteiger partial charge in [0.05, 0.1) is 5.56 Å². The summed E-state index contributed by atoms with van der Waals surface area (Å²) < 4.78 is 37.1. The molecular formula is C23H23F2N3O3. The topological polar surface area (TPSA) is 58.8 Å². The Morgan fingerprint density at radius 1 is 1.00 bits per heavy atom. The Hall–Kier alpha value is -3.26. The summed E-state index contributed by atoms with van der Waals surface area (Å²) in [5, 5.41) is 3.96. The van der Waals surface area contributed by atoms with Crippen molar-refractivity contribution in [1.82, 2.24) is 15.0 Å². The highest BCUT2D eigenvalue weighted by Crippen LogP contribution is 2.20. The zero-order valence-corrected chi connectivity index (χ0v) is 17.2. The molecule has 1 aliphatic rings. The maximum absolute atomic E-state index is 13.1. The molecule has 1 saturated heterocycles. The minimum Gasteiger partial charge on any atom is -0.489 e. The lowest BCUT2D eigenvalue weighted by Crippen LogP contribution is -2.48. The van der Waals surface area contributed by atoms with Crippen LogP contribution in [-0.4, -0.2) is 47.0 Å². The number of aryl methyl sites for hydroxylation is 1. The highest BCUT2D eigenvalue weighted by atomic mass is 19.1. The summed E-state index contributed by atoms with van der Waals surface area (Å²) in [5.74, 6) is 0.218. The average molecular weight is 427 g/mol.